The van der Waals surface area contributed by atoms with E-state index in [0.29, 0.717) is 36.5 Å². The molecule has 6 rings (SSSR count). The molecule has 4 saturated carbocycles. The van der Waals surface area contributed by atoms with Crippen LogP contribution in [0.1, 0.15) is 52.4 Å². The highest BCUT2D eigenvalue weighted by Crippen LogP contribution is 2.73. The number of hydrogen-bond acceptors (Lipinski definition) is 4. The van der Waals surface area contributed by atoms with Crippen LogP contribution in [0.3, 0.4) is 0 Å². The van der Waals surface area contributed by atoms with Crippen molar-refractivity contribution in [1.82, 2.24) is 0 Å². The first-order valence-corrected chi connectivity index (χ1v) is 13.3. The molecule has 1 aromatic carbocycles. The highest BCUT2D eigenvalue weighted by Gasteiger charge is 2.69. The molecule has 0 heterocycles. The fourth-order valence-electron chi connectivity index (χ4n) is 8.21. The fraction of sp³-hybridized carbons (Fsp3) is 0.615. The molecule has 4 fully saturated rings. The number of Topliss-reactive ketones (excluding diaryl/α,β-unsaturated/α-hetero) is 1. The van der Waals surface area contributed by atoms with E-state index >= 15 is 0 Å². The van der Waals surface area contributed by atoms with Gasteiger partial charge in [0.15, 0.2) is 21.4 Å². The molecule has 5 aliphatic rings. The number of carbonyl (C=O) groups excluding carboxylic acids is 2. The molecule has 164 valence electrons. The van der Waals surface area contributed by atoms with Crippen LogP contribution in [-0.4, -0.2) is 25.2 Å². The van der Waals surface area contributed by atoms with Crippen molar-refractivity contribution in [3.05, 3.63) is 42.0 Å². The fourth-order valence-corrected chi connectivity index (χ4v) is 10.1. The van der Waals surface area contributed by atoms with Crippen LogP contribution in [0.2, 0.25) is 0 Å². The molecule has 0 aliphatic heterocycles. The van der Waals surface area contributed by atoms with Crippen LogP contribution in [0, 0.1) is 40.4 Å². The standard InChI is InChI=1S/C26H30O4S/c1-25-10-8-15(27)12-20(25)17-13-18(17)23-19(25)9-11-26(2)21(23)14-22(24(26)28)31(29,30)16-6-4-3-5-7-16/h3-7,12,17-19,21-23H,8-11,13-14H2,1-2H3/t17?,18?,19-,21-,22?,23+,25+,26-/m0/s1. The lowest BCUT2D eigenvalue weighted by molar-refractivity contribution is -0.132. The van der Waals surface area contributed by atoms with Gasteiger partial charge in [0, 0.05) is 11.8 Å². The van der Waals surface area contributed by atoms with Crippen molar-refractivity contribution >= 4 is 21.4 Å². The molecule has 0 saturated heterocycles. The zero-order valence-corrected chi connectivity index (χ0v) is 19.0. The Hall–Kier alpha value is -1.75. The molecule has 4 nitrogen and oxygen atoms in total. The number of benzene rings is 1. The Morgan fingerprint density at radius 2 is 1.68 bits per heavy atom. The average Bonchev–Trinajstić information content (AvgIpc) is 3.49. The number of rotatable bonds is 2. The van der Waals surface area contributed by atoms with Crippen LogP contribution in [0.25, 0.3) is 0 Å². The number of hydrogen-bond donors (Lipinski definition) is 0. The van der Waals surface area contributed by atoms with Gasteiger partial charge in [0.1, 0.15) is 5.25 Å². The molecule has 5 aliphatic carbocycles. The summed E-state index contributed by atoms with van der Waals surface area (Å²) >= 11 is 0. The Bertz CT molecular complexity index is 1120. The van der Waals surface area contributed by atoms with Gasteiger partial charge in [-0.25, -0.2) is 8.42 Å². The maximum atomic E-state index is 13.6. The summed E-state index contributed by atoms with van der Waals surface area (Å²) < 4.78 is 26.9. The third-order valence-corrected chi connectivity index (χ3v) is 12.0. The van der Waals surface area contributed by atoms with Crippen LogP contribution < -0.4 is 0 Å². The molecule has 0 aromatic heterocycles. The summed E-state index contributed by atoms with van der Waals surface area (Å²) in [6, 6.07) is 8.49. The van der Waals surface area contributed by atoms with Gasteiger partial charge in [-0.2, -0.15) is 0 Å². The zero-order valence-electron chi connectivity index (χ0n) is 18.2. The highest BCUT2D eigenvalue weighted by molar-refractivity contribution is 7.92. The first-order valence-electron chi connectivity index (χ1n) is 11.8. The smallest absolute Gasteiger partial charge is 0.188 e. The Labute approximate surface area is 184 Å². The van der Waals surface area contributed by atoms with Crippen LogP contribution in [0.5, 0.6) is 0 Å². The number of fused-ring (bicyclic) bond motifs is 8. The summed E-state index contributed by atoms with van der Waals surface area (Å²) in [4.78, 5) is 26.1. The average molecular weight is 439 g/mol. The van der Waals surface area contributed by atoms with Crippen LogP contribution >= 0.6 is 0 Å². The van der Waals surface area contributed by atoms with Gasteiger partial charge < -0.3 is 0 Å². The van der Waals surface area contributed by atoms with Crippen LogP contribution in [0.15, 0.2) is 46.9 Å². The second kappa shape index (κ2) is 6.18. The van der Waals surface area contributed by atoms with Gasteiger partial charge in [-0.1, -0.05) is 37.6 Å². The zero-order chi connectivity index (χ0) is 21.8. The lowest BCUT2D eigenvalue weighted by atomic mass is 9.47. The number of carbonyl (C=O) groups is 2. The molecule has 0 N–H and O–H groups in total. The predicted molar refractivity (Wildman–Crippen MR) is 117 cm³/mol. The molecule has 0 bridgehead atoms. The predicted octanol–water partition coefficient (Wildman–Crippen LogP) is 4.40. The topological polar surface area (TPSA) is 68.3 Å². The van der Waals surface area contributed by atoms with Crippen molar-refractivity contribution in [2.24, 2.45) is 40.4 Å². The molecule has 1 aromatic rings. The molecular formula is C26H30O4S. The second-order valence-corrected chi connectivity index (χ2v) is 13.3. The minimum absolute atomic E-state index is 0.0387. The third-order valence-electron chi connectivity index (χ3n) is 9.91. The summed E-state index contributed by atoms with van der Waals surface area (Å²) in [6.07, 6.45) is 6.77. The van der Waals surface area contributed by atoms with Crippen molar-refractivity contribution in [2.45, 2.75) is 62.5 Å². The molecule has 3 unspecified atom stereocenters. The Balaban J connectivity index is 1.39. The monoisotopic (exact) mass is 438 g/mol. The molecular weight excluding hydrogens is 408 g/mol. The normalized spacial score (nSPS) is 45.8. The highest BCUT2D eigenvalue weighted by atomic mass is 32.2. The van der Waals surface area contributed by atoms with E-state index in [9.17, 15) is 18.0 Å². The van der Waals surface area contributed by atoms with E-state index < -0.39 is 20.5 Å². The van der Waals surface area contributed by atoms with Crippen molar-refractivity contribution in [1.29, 1.82) is 0 Å². The van der Waals surface area contributed by atoms with Gasteiger partial charge in [0.05, 0.1) is 4.90 Å². The van der Waals surface area contributed by atoms with Gasteiger partial charge in [-0.05, 0) is 85.3 Å². The summed E-state index contributed by atoms with van der Waals surface area (Å²) in [5, 5.41) is -0.918. The van der Waals surface area contributed by atoms with E-state index in [1.165, 1.54) is 5.57 Å². The van der Waals surface area contributed by atoms with Crippen molar-refractivity contribution in [3.63, 3.8) is 0 Å². The van der Waals surface area contributed by atoms with Gasteiger partial charge >= 0.3 is 0 Å². The Kier molecular flexibility index (Phi) is 3.97. The first kappa shape index (κ1) is 19.9. The SMILES string of the molecule is C[C@]12CCC(=O)C=C1C1CC1[C@@H]1[C@@H]2CC[C@]2(C)C(=O)C(S(=O)(=O)c3ccccc3)C[C@@H]12. The van der Waals surface area contributed by atoms with Crippen molar-refractivity contribution in [2.75, 3.05) is 0 Å². The molecule has 5 heteroatoms. The number of allylic oxidation sites excluding steroid dienone is 1. The maximum absolute atomic E-state index is 13.6. The summed E-state index contributed by atoms with van der Waals surface area (Å²) in [5.41, 5.74) is 0.872. The summed E-state index contributed by atoms with van der Waals surface area (Å²) in [7, 11) is -3.68. The third kappa shape index (κ3) is 2.50. The molecule has 0 spiro atoms. The minimum atomic E-state index is -3.68. The number of ketones is 2. The van der Waals surface area contributed by atoms with E-state index in [2.05, 4.69) is 6.92 Å². The maximum Gasteiger partial charge on any atom is 0.188 e. The number of sulfone groups is 1. The quantitative estimate of drug-likeness (QED) is 0.687. The van der Waals surface area contributed by atoms with Crippen molar-refractivity contribution in [3.8, 4) is 0 Å². The lowest BCUT2D eigenvalue weighted by Crippen LogP contribution is -2.51. The van der Waals surface area contributed by atoms with E-state index in [0.717, 1.165) is 25.7 Å². The molecule has 31 heavy (non-hydrogen) atoms. The molecule has 0 amide bonds. The van der Waals surface area contributed by atoms with E-state index in [4.69, 9.17) is 0 Å². The second-order valence-electron chi connectivity index (χ2n) is 11.2. The lowest BCUT2D eigenvalue weighted by Gasteiger charge is -2.56. The first-order chi connectivity index (χ1) is 14.7. The van der Waals surface area contributed by atoms with Crippen LogP contribution in [-0.2, 0) is 19.4 Å². The minimum Gasteiger partial charge on any atom is -0.298 e. The van der Waals surface area contributed by atoms with Gasteiger partial charge in [0.25, 0.3) is 0 Å². The largest absolute Gasteiger partial charge is 0.298 e. The Morgan fingerprint density at radius 3 is 2.42 bits per heavy atom. The summed E-state index contributed by atoms with van der Waals surface area (Å²) in [6.45, 7) is 4.39. The molecule has 0 radical (unpaired) electrons. The van der Waals surface area contributed by atoms with Crippen LogP contribution in [0.4, 0.5) is 0 Å². The van der Waals surface area contributed by atoms with E-state index in [-0.39, 0.29) is 27.8 Å². The molecule has 8 atom stereocenters. The van der Waals surface area contributed by atoms with Crippen molar-refractivity contribution < 1.29 is 18.0 Å². The summed E-state index contributed by atoms with van der Waals surface area (Å²) in [5.74, 6) is 2.19. The van der Waals surface area contributed by atoms with Gasteiger partial charge in [-0.15, -0.1) is 0 Å². The Morgan fingerprint density at radius 1 is 0.935 bits per heavy atom. The van der Waals surface area contributed by atoms with Gasteiger partial charge in [0.2, 0.25) is 0 Å². The van der Waals surface area contributed by atoms with Gasteiger partial charge in [-0.3, -0.25) is 9.59 Å². The van der Waals surface area contributed by atoms with E-state index in [1.54, 1.807) is 30.3 Å². The van der Waals surface area contributed by atoms with E-state index in [1.807, 2.05) is 13.0 Å².